The number of halogens is 2. The van der Waals surface area contributed by atoms with Crippen LogP contribution in [-0.4, -0.2) is 25.9 Å². The van der Waals surface area contributed by atoms with Gasteiger partial charge in [0.05, 0.1) is 22.3 Å². The zero-order valence-electron chi connectivity index (χ0n) is 8.65. The van der Waals surface area contributed by atoms with E-state index in [9.17, 15) is 12.8 Å². The van der Waals surface area contributed by atoms with Crippen LogP contribution in [0.3, 0.4) is 0 Å². The number of aliphatic hydroxyl groups is 1. The summed E-state index contributed by atoms with van der Waals surface area (Å²) >= 11 is 5.77. The Bertz CT molecular complexity index is 473. The molecule has 0 saturated heterocycles. The second-order valence-electron chi connectivity index (χ2n) is 3.24. The summed E-state index contributed by atoms with van der Waals surface area (Å²) in [5, 5.41) is 8.60. The number of hydrogen-bond acceptors (Lipinski definition) is 3. The van der Waals surface area contributed by atoms with Gasteiger partial charge in [-0.05, 0) is 17.7 Å². The van der Waals surface area contributed by atoms with Gasteiger partial charge in [-0.2, -0.15) is 0 Å². The quantitative estimate of drug-likeness (QED) is 0.908. The van der Waals surface area contributed by atoms with E-state index in [1.807, 2.05) is 0 Å². The van der Waals surface area contributed by atoms with Crippen molar-refractivity contribution in [1.29, 1.82) is 0 Å². The van der Waals surface area contributed by atoms with Crippen LogP contribution < -0.4 is 0 Å². The summed E-state index contributed by atoms with van der Waals surface area (Å²) in [6.45, 7) is 0.849. The highest BCUT2D eigenvalue weighted by atomic mass is 35.5. The Kier molecular flexibility index (Phi) is 4.29. The summed E-state index contributed by atoms with van der Waals surface area (Å²) in [5.41, 5.74) is 0.169. The third-order valence-electron chi connectivity index (χ3n) is 2.19. The van der Waals surface area contributed by atoms with Crippen molar-refractivity contribution in [2.45, 2.75) is 18.0 Å². The Hall–Kier alpha value is -0.650. The largest absolute Gasteiger partial charge is 0.393 e. The molecule has 0 amide bonds. The molecule has 1 N–H and O–H groups in total. The van der Waals surface area contributed by atoms with E-state index in [-0.39, 0.29) is 21.2 Å². The summed E-state index contributed by atoms with van der Waals surface area (Å²) in [4.78, 5) is -0.00874. The molecule has 0 bridgehead atoms. The molecule has 1 unspecified atom stereocenters. The molecule has 3 nitrogen and oxygen atoms in total. The third kappa shape index (κ3) is 2.72. The standard InChI is InChI=1S/C10H12ClFO3S/c1-2-16(14,15)10-4-3-7(5-8(10)11)9(12)6-13/h3-5,9,13H,2,6H2,1H3. The molecule has 0 aliphatic heterocycles. The number of aliphatic hydroxyl groups excluding tert-OH is 1. The highest BCUT2D eigenvalue weighted by Gasteiger charge is 2.18. The molecule has 0 heterocycles. The fourth-order valence-electron chi connectivity index (χ4n) is 1.23. The molecule has 0 aliphatic rings. The Balaban J connectivity index is 3.20. The minimum Gasteiger partial charge on any atom is -0.393 e. The molecule has 0 fully saturated rings. The second kappa shape index (κ2) is 5.12. The van der Waals surface area contributed by atoms with Crippen molar-refractivity contribution in [1.82, 2.24) is 0 Å². The minimum absolute atomic E-state index is 0.00874. The SMILES string of the molecule is CCS(=O)(=O)c1ccc(C(F)CO)cc1Cl. The van der Waals surface area contributed by atoms with Crippen molar-refractivity contribution < 1.29 is 17.9 Å². The van der Waals surface area contributed by atoms with Gasteiger partial charge in [0.2, 0.25) is 0 Å². The molecular formula is C10H12ClFO3S. The molecule has 0 aromatic heterocycles. The molecule has 0 aliphatic carbocycles. The van der Waals surface area contributed by atoms with Gasteiger partial charge >= 0.3 is 0 Å². The van der Waals surface area contributed by atoms with Crippen LogP contribution >= 0.6 is 11.6 Å². The highest BCUT2D eigenvalue weighted by molar-refractivity contribution is 7.91. The predicted octanol–water partition coefficient (Wildman–Crippen LogP) is 2.14. The lowest BCUT2D eigenvalue weighted by atomic mass is 10.1. The molecule has 1 aromatic rings. The molecule has 16 heavy (non-hydrogen) atoms. The number of benzene rings is 1. The lowest BCUT2D eigenvalue weighted by Crippen LogP contribution is -2.05. The average Bonchev–Trinajstić information content (AvgIpc) is 2.27. The minimum atomic E-state index is -3.39. The van der Waals surface area contributed by atoms with Crippen molar-refractivity contribution in [3.05, 3.63) is 28.8 Å². The molecular weight excluding hydrogens is 255 g/mol. The Morgan fingerprint density at radius 3 is 2.56 bits per heavy atom. The first kappa shape index (κ1) is 13.4. The second-order valence-corrected chi connectivity index (χ2v) is 5.90. The molecule has 1 rings (SSSR count). The van der Waals surface area contributed by atoms with Crippen molar-refractivity contribution >= 4 is 21.4 Å². The van der Waals surface area contributed by atoms with Crippen LogP contribution in [0.1, 0.15) is 18.7 Å². The number of rotatable bonds is 4. The average molecular weight is 267 g/mol. The van der Waals surface area contributed by atoms with Gasteiger partial charge in [-0.15, -0.1) is 0 Å². The van der Waals surface area contributed by atoms with E-state index in [4.69, 9.17) is 16.7 Å². The molecule has 0 radical (unpaired) electrons. The Labute approximate surface area is 98.8 Å². The maximum atomic E-state index is 13.1. The smallest absolute Gasteiger partial charge is 0.179 e. The van der Waals surface area contributed by atoms with E-state index in [0.717, 1.165) is 0 Å². The van der Waals surface area contributed by atoms with E-state index in [1.54, 1.807) is 0 Å². The monoisotopic (exact) mass is 266 g/mol. The molecule has 1 aromatic carbocycles. The highest BCUT2D eigenvalue weighted by Crippen LogP contribution is 2.27. The van der Waals surface area contributed by atoms with E-state index in [0.29, 0.717) is 0 Å². The van der Waals surface area contributed by atoms with E-state index >= 15 is 0 Å². The fraction of sp³-hybridized carbons (Fsp3) is 0.400. The number of sulfone groups is 1. The molecule has 90 valence electrons. The zero-order valence-corrected chi connectivity index (χ0v) is 10.2. The lowest BCUT2D eigenvalue weighted by molar-refractivity contribution is 0.180. The van der Waals surface area contributed by atoms with Crippen molar-refractivity contribution in [2.24, 2.45) is 0 Å². The molecule has 6 heteroatoms. The molecule has 0 spiro atoms. The van der Waals surface area contributed by atoms with Gasteiger partial charge in [0.25, 0.3) is 0 Å². The van der Waals surface area contributed by atoms with Crippen molar-refractivity contribution in [2.75, 3.05) is 12.4 Å². The predicted molar refractivity (Wildman–Crippen MR) is 60.1 cm³/mol. The van der Waals surface area contributed by atoms with Crippen molar-refractivity contribution in [3.63, 3.8) is 0 Å². The normalized spacial score (nSPS) is 13.8. The first-order valence-electron chi connectivity index (χ1n) is 4.69. The van der Waals surface area contributed by atoms with Gasteiger partial charge in [-0.3, -0.25) is 0 Å². The number of alkyl halides is 1. The summed E-state index contributed by atoms with van der Waals surface area (Å²) in [5.74, 6) is -0.0644. The topological polar surface area (TPSA) is 54.4 Å². The first-order valence-corrected chi connectivity index (χ1v) is 6.72. The van der Waals surface area contributed by atoms with Crippen LogP contribution in [0.25, 0.3) is 0 Å². The van der Waals surface area contributed by atoms with Gasteiger partial charge in [-0.1, -0.05) is 24.6 Å². The molecule has 0 saturated carbocycles. The zero-order chi connectivity index (χ0) is 12.3. The summed E-state index contributed by atoms with van der Waals surface area (Å²) < 4.78 is 36.2. The first-order chi connectivity index (χ1) is 7.42. The number of hydrogen-bond donors (Lipinski definition) is 1. The molecule has 1 atom stereocenters. The van der Waals surface area contributed by atoms with Crippen molar-refractivity contribution in [3.8, 4) is 0 Å². The fourth-order valence-corrected chi connectivity index (χ4v) is 2.71. The van der Waals surface area contributed by atoms with Crippen LogP contribution in [0, 0.1) is 0 Å². The Morgan fingerprint density at radius 2 is 2.12 bits per heavy atom. The van der Waals surface area contributed by atoms with Crippen LogP contribution in [0.4, 0.5) is 4.39 Å². The maximum Gasteiger partial charge on any atom is 0.179 e. The van der Waals surface area contributed by atoms with Crippen LogP contribution in [0.2, 0.25) is 5.02 Å². The van der Waals surface area contributed by atoms with Crippen LogP contribution in [0.15, 0.2) is 23.1 Å². The lowest BCUT2D eigenvalue weighted by Gasteiger charge is -2.08. The maximum absolute atomic E-state index is 13.1. The summed E-state index contributed by atoms with van der Waals surface area (Å²) in [7, 11) is -3.39. The van der Waals surface area contributed by atoms with Gasteiger partial charge in [0.1, 0.15) is 6.17 Å². The third-order valence-corrected chi connectivity index (χ3v) is 4.40. The summed E-state index contributed by atoms with van der Waals surface area (Å²) in [6.07, 6.45) is -1.55. The van der Waals surface area contributed by atoms with Crippen LogP contribution in [0.5, 0.6) is 0 Å². The van der Waals surface area contributed by atoms with Gasteiger partial charge in [0, 0.05) is 0 Å². The van der Waals surface area contributed by atoms with Gasteiger partial charge in [0.15, 0.2) is 9.84 Å². The van der Waals surface area contributed by atoms with Crippen LogP contribution in [-0.2, 0) is 9.84 Å². The van der Waals surface area contributed by atoms with E-state index in [1.165, 1.54) is 25.1 Å². The summed E-state index contributed by atoms with van der Waals surface area (Å²) in [6, 6.07) is 3.80. The Morgan fingerprint density at radius 1 is 1.50 bits per heavy atom. The van der Waals surface area contributed by atoms with Gasteiger partial charge in [-0.25, -0.2) is 12.8 Å². The van der Waals surface area contributed by atoms with E-state index < -0.39 is 22.6 Å². The van der Waals surface area contributed by atoms with Gasteiger partial charge < -0.3 is 5.11 Å². The van der Waals surface area contributed by atoms with E-state index in [2.05, 4.69) is 0 Å².